The summed E-state index contributed by atoms with van der Waals surface area (Å²) in [5, 5.41) is 10.5. The third-order valence-electron chi connectivity index (χ3n) is 3.64. The van der Waals surface area contributed by atoms with Crippen molar-refractivity contribution >= 4 is 11.6 Å². The monoisotopic (exact) mass is 254 g/mol. The van der Waals surface area contributed by atoms with Crippen LogP contribution in [0.5, 0.6) is 0 Å². The average Bonchev–Trinajstić information content (AvgIpc) is 2.37. The molecule has 0 aliphatic carbocycles. The molecule has 0 spiro atoms. The minimum atomic E-state index is 0.0455. The summed E-state index contributed by atoms with van der Waals surface area (Å²) in [4.78, 5) is 0. The molecule has 1 unspecified atom stereocenters. The maximum Gasteiger partial charge on any atom is 0.0490 e. The molecule has 0 amide bonds. The largest absolute Gasteiger partial charge is 0.396 e. The number of rotatable bonds is 7. The van der Waals surface area contributed by atoms with E-state index in [0.717, 1.165) is 24.3 Å². The van der Waals surface area contributed by atoms with Crippen molar-refractivity contribution in [2.75, 3.05) is 6.61 Å². The molecule has 0 saturated carbocycles. The molecule has 0 radical (unpaired) electrons. The van der Waals surface area contributed by atoms with E-state index in [9.17, 15) is 5.11 Å². The first-order chi connectivity index (χ1) is 8.15. The van der Waals surface area contributed by atoms with Gasteiger partial charge < -0.3 is 5.11 Å². The number of unbranched alkanes of at least 4 members (excludes halogenated alkanes) is 1. The van der Waals surface area contributed by atoms with E-state index in [-0.39, 0.29) is 12.0 Å². The van der Waals surface area contributed by atoms with Crippen LogP contribution in [0.4, 0.5) is 0 Å². The van der Waals surface area contributed by atoms with Gasteiger partial charge in [0.15, 0.2) is 0 Å². The molecule has 1 rings (SSSR count). The van der Waals surface area contributed by atoms with Crippen molar-refractivity contribution in [1.29, 1.82) is 0 Å². The Bertz CT molecular complexity index is 314. The molecule has 0 aliphatic rings. The molecule has 0 aromatic heterocycles. The molecule has 0 aliphatic heterocycles. The van der Waals surface area contributed by atoms with Crippen molar-refractivity contribution < 1.29 is 5.11 Å². The number of benzene rings is 1. The third-order valence-corrected chi connectivity index (χ3v) is 3.89. The molecule has 1 aromatic rings. The van der Waals surface area contributed by atoms with Crippen molar-refractivity contribution in [2.45, 2.75) is 46.0 Å². The second kappa shape index (κ2) is 7.03. The van der Waals surface area contributed by atoms with Crippen molar-refractivity contribution in [1.82, 2.24) is 0 Å². The van der Waals surface area contributed by atoms with Crippen molar-refractivity contribution in [3.8, 4) is 0 Å². The van der Waals surface area contributed by atoms with Gasteiger partial charge in [-0.3, -0.25) is 0 Å². The summed E-state index contributed by atoms with van der Waals surface area (Å²) in [6, 6.07) is 7.98. The van der Waals surface area contributed by atoms with E-state index in [2.05, 4.69) is 26.0 Å². The first-order valence-electron chi connectivity index (χ1n) is 6.51. The van der Waals surface area contributed by atoms with Gasteiger partial charge in [-0.05, 0) is 42.4 Å². The lowest BCUT2D eigenvalue weighted by Gasteiger charge is -2.31. The van der Waals surface area contributed by atoms with E-state index in [4.69, 9.17) is 11.6 Å². The molecule has 0 heterocycles. The van der Waals surface area contributed by atoms with E-state index in [1.54, 1.807) is 0 Å². The van der Waals surface area contributed by atoms with Crippen molar-refractivity contribution in [3.63, 3.8) is 0 Å². The lowest BCUT2D eigenvalue weighted by atomic mass is 9.76. The van der Waals surface area contributed by atoms with Crippen LogP contribution >= 0.6 is 11.6 Å². The van der Waals surface area contributed by atoms with Gasteiger partial charge in [0.2, 0.25) is 0 Å². The Morgan fingerprint density at radius 2 is 1.82 bits per heavy atom. The second-order valence-corrected chi connectivity index (χ2v) is 5.35. The van der Waals surface area contributed by atoms with Gasteiger partial charge in [-0.25, -0.2) is 0 Å². The number of hydrogen-bond acceptors (Lipinski definition) is 1. The van der Waals surface area contributed by atoms with Crippen LogP contribution in [0.25, 0.3) is 0 Å². The minimum absolute atomic E-state index is 0.0455. The summed E-state index contributed by atoms with van der Waals surface area (Å²) in [5.74, 6) is 0. The van der Waals surface area contributed by atoms with Gasteiger partial charge >= 0.3 is 0 Å². The molecular formula is C15H23ClO. The third kappa shape index (κ3) is 4.33. The lowest BCUT2D eigenvalue weighted by Crippen LogP contribution is -2.27. The van der Waals surface area contributed by atoms with Gasteiger partial charge in [-0.15, -0.1) is 0 Å². The summed E-state index contributed by atoms with van der Waals surface area (Å²) in [6.45, 7) is 4.63. The van der Waals surface area contributed by atoms with Crippen LogP contribution in [0.15, 0.2) is 24.3 Å². The fraction of sp³-hybridized carbons (Fsp3) is 0.600. The maximum atomic E-state index is 9.69. The fourth-order valence-electron chi connectivity index (χ4n) is 2.22. The Morgan fingerprint density at radius 3 is 2.29 bits per heavy atom. The minimum Gasteiger partial charge on any atom is -0.396 e. The zero-order valence-corrected chi connectivity index (χ0v) is 11.6. The van der Waals surface area contributed by atoms with Crippen molar-refractivity contribution in [3.05, 3.63) is 34.9 Å². The van der Waals surface area contributed by atoms with E-state index in [1.165, 1.54) is 18.4 Å². The first-order valence-corrected chi connectivity index (χ1v) is 6.89. The molecular weight excluding hydrogens is 232 g/mol. The van der Waals surface area contributed by atoms with Gasteiger partial charge in [-0.1, -0.05) is 50.4 Å². The highest BCUT2D eigenvalue weighted by atomic mass is 35.5. The number of hydrogen-bond donors (Lipinski definition) is 1. The van der Waals surface area contributed by atoms with Gasteiger partial charge in [0, 0.05) is 11.6 Å². The average molecular weight is 255 g/mol. The van der Waals surface area contributed by atoms with Gasteiger partial charge in [0.25, 0.3) is 0 Å². The molecule has 1 atom stereocenters. The zero-order valence-electron chi connectivity index (χ0n) is 10.9. The zero-order chi connectivity index (χ0) is 12.7. The summed E-state index contributed by atoms with van der Waals surface area (Å²) >= 11 is 5.88. The van der Waals surface area contributed by atoms with E-state index >= 15 is 0 Å². The van der Waals surface area contributed by atoms with E-state index < -0.39 is 0 Å². The summed E-state index contributed by atoms with van der Waals surface area (Å²) in [5.41, 5.74) is 1.31. The molecule has 1 nitrogen and oxygen atoms in total. The maximum absolute atomic E-state index is 9.69. The number of halogens is 1. The Balaban J connectivity index is 2.74. The predicted molar refractivity (Wildman–Crippen MR) is 74.5 cm³/mol. The summed E-state index contributed by atoms with van der Waals surface area (Å²) in [6.07, 6.45) is 5.42. The Labute approximate surface area is 110 Å². The molecule has 0 bridgehead atoms. The van der Waals surface area contributed by atoms with Crippen LogP contribution in [-0.2, 0) is 6.42 Å². The van der Waals surface area contributed by atoms with Crippen LogP contribution in [0, 0.1) is 5.41 Å². The smallest absolute Gasteiger partial charge is 0.0490 e. The Hall–Kier alpha value is -0.530. The van der Waals surface area contributed by atoms with Gasteiger partial charge in [0.05, 0.1) is 0 Å². The molecule has 1 aromatic carbocycles. The van der Waals surface area contributed by atoms with Crippen LogP contribution in [0.1, 0.15) is 45.1 Å². The summed E-state index contributed by atoms with van der Waals surface area (Å²) < 4.78 is 0. The van der Waals surface area contributed by atoms with Crippen molar-refractivity contribution in [2.24, 2.45) is 5.41 Å². The fourth-order valence-corrected chi connectivity index (χ4v) is 2.35. The normalized spacial score (nSPS) is 14.6. The highest BCUT2D eigenvalue weighted by Gasteiger charge is 2.26. The Morgan fingerprint density at radius 1 is 1.18 bits per heavy atom. The highest BCUT2D eigenvalue weighted by molar-refractivity contribution is 6.30. The number of aliphatic hydroxyl groups is 1. The topological polar surface area (TPSA) is 20.2 Å². The quantitative estimate of drug-likeness (QED) is 0.762. The molecule has 1 N–H and O–H groups in total. The predicted octanol–water partition coefficient (Wildman–Crippen LogP) is 4.46. The van der Waals surface area contributed by atoms with E-state index in [0.29, 0.717) is 0 Å². The van der Waals surface area contributed by atoms with Gasteiger partial charge in [-0.2, -0.15) is 0 Å². The van der Waals surface area contributed by atoms with Gasteiger partial charge in [0.1, 0.15) is 0 Å². The number of aliphatic hydroxyl groups excluding tert-OH is 1. The molecule has 0 fully saturated rings. The van der Waals surface area contributed by atoms with Crippen LogP contribution < -0.4 is 0 Å². The molecule has 17 heavy (non-hydrogen) atoms. The SMILES string of the molecule is CCCCC(CC)(CO)Cc1ccc(Cl)cc1. The molecule has 2 heteroatoms. The van der Waals surface area contributed by atoms with Crippen LogP contribution in [0.3, 0.4) is 0 Å². The molecule has 96 valence electrons. The van der Waals surface area contributed by atoms with Crippen LogP contribution in [0.2, 0.25) is 5.02 Å². The standard InChI is InChI=1S/C15H23ClO/c1-3-5-10-15(4-2,12-17)11-13-6-8-14(16)9-7-13/h6-9,17H,3-5,10-12H2,1-2H3. The Kier molecular flexibility index (Phi) is 6.01. The highest BCUT2D eigenvalue weighted by Crippen LogP contribution is 2.32. The lowest BCUT2D eigenvalue weighted by molar-refractivity contribution is 0.107. The van der Waals surface area contributed by atoms with Crippen LogP contribution in [-0.4, -0.2) is 11.7 Å². The second-order valence-electron chi connectivity index (χ2n) is 4.92. The molecule has 0 saturated heterocycles. The van der Waals surface area contributed by atoms with E-state index in [1.807, 2.05) is 12.1 Å². The summed E-state index contributed by atoms with van der Waals surface area (Å²) in [7, 11) is 0. The first kappa shape index (κ1) is 14.5.